The van der Waals surface area contributed by atoms with Crippen molar-refractivity contribution < 1.29 is 4.74 Å². The summed E-state index contributed by atoms with van der Waals surface area (Å²) in [6.45, 7) is 0.886. The summed E-state index contributed by atoms with van der Waals surface area (Å²) < 4.78 is 6.06. The van der Waals surface area contributed by atoms with Gasteiger partial charge >= 0.3 is 0 Å². The molecule has 94 valence electrons. The van der Waals surface area contributed by atoms with Crippen molar-refractivity contribution in [2.24, 2.45) is 11.7 Å². The summed E-state index contributed by atoms with van der Waals surface area (Å²) >= 11 is 1.68. The highest BCUT2D eigenvalue weighted by Crippen LogP contribution is 2.45. The van der Waals surface area contributed by atoms with Crippen molar-refractivity contribution in [1.29, 1.82) is 0 Å². The lowest BCUT2D eigenvalue weighted by Gasteiger charge is -2.40. The molecule has 0 bridgehead atoms. The number of nitrogens with zero attached hydrogens (tertiary/aromatic N) is 1. The lowest BCUT2D eigenvalue weighted by Crippen LogP contribution is -2.40. The first kappa shape index (κ1) is 11.6. The molecule has 0 aromatic carbocycles. The highest BCUT2D eigenvalue weighted by molar-refractivity contribution is 7.09. The Hall–Kier alpha value is -0.450. The van der Waals surface area contributed by atoms with Gasteiger partial charge in [0.2, 0.25) is 0 Å². The molecule has 1 aliphatic carbocycles. The molecule has 4 heteroatoms. The maximum Gasteiger partial charge on any atom is 0.0794 e. The standard InChI is InChI=1S/C13H20N2OS/c14-12(11-8-15-9-17-11)10-3-6-16-13(7-10)4-1-2-5-13/h8-10,12H,1-7,14H2. The topological polar surface area (TPSA) is 48.1 Å². The van der Waals surface area contributed by atoms with Gasteiger partial charge in [-0.15, -0.1) is 11.3 Å². The van der Waals surface area contributed by atoms with E-state index < -0.39 is 0 Å². The fourth-order valence-electron chi connectivity index (χ4n) is 3.36. The second-order valence-electron chi connectivity index (χ2n) is 5.42. The van der Waals surface area contributed by atoms with E-state index in [2.05, 4.69) is 4.98 Å². The Kier molecular flexibility index (Phi) is 3.19. The van der Waals surface area contributed by atoms with E-state index in [1.54, 1.807) is 11.3 Å². The van der Waals surface area contributed by atoms with Gasteiger partial charge in [0, 0.05) is 23.7 Å². The maximum absolute atomic E-state index is 6.38. The molecular weight excluding hydrogens is 232 g/mol. The fraction of sp³-hybridized carbons (Fsp3) is 0.769. The number of hydrogen-bond donors (Lipinski definition) is 1. The van der Waals surface area contributed by atoms with Gasteiger partial charge in [-0.1, -0.05) is 12.8 Å². The zero-order valence-electron chi connectivity index (χ0n) is 10.1. The van der Waals surface area contributed by atoms with Gasteiger partial charge in [-0.05, 0) is 31.6 Å². The van der Waals surface area contributed by atoms with Crippen LogP contribution in [-0.2, 0) is 4.74 Å². The van der Waals surface area contributed by atoms with Crippen molar-refractivity contribution in [2.45, 2.75) is 50.2 Å². The third kappa shape index (κ3) is 2.26. The Balaban J connectivity index is 1.71. The van der Waals surface area contributed by atoms with Crippen LogP contribution in [0.5, 0.6) is 0 Å². The Morgan fingerprint density at radius 1 is 1.47 bits per heavy atom. The molecule has 1 aliphatic heterocycles. The van der Waals surface area contributed by atoms with Crippen LogP contribution >= 0.6 is 11.3 Å². The summed E-state index contributed by atoms with van der Waals surface area (Å²) in [4.78, 5) is 5.36. The van der Waals surface area contributed by atoms with Gasteiger partial charge in [0.05, 0.1) is 11.1 Å². The van der Waals surface area contributed by atoms with Crippen LogP contribution in [-0.4, -0.2) is 17.2 Å². The van der Waals surface area contributed by atoms with Crippen molar-refractivity contribution in [2.75, 3.05) is 6.61 Å². The van der Waals surface area contributed by atoms with Crippen LogP contribution in [0.4, 0.5) is 0 Å². The van der Waals surface area contributed by atoms with Crippen molar-refractivity contribution >= 4 is 11.3 Å². The molecule has 17 heavy (non-hydrogen) atoms. The van der Waals surface area contributed by atoms with E-state index in [0.717, 1.165) is 19.4 Å². The van der Waals surface area contributed by atoms with Gasteiger partial charge in [0.25, 0.3) is 0 Å². The number of hydrogen-bond acceptors (Lipinski definition) is 4. The van der Waals surface area contributed by atoms with E-state index in [4.69, 9.17) is 10.5 Å². The highest BCUT2D eigenvalue weighted by Gasteiger charge is 2.41. The van der Waals surface area contributed by atoms with Gasteiger partial charge in [-0.25, -0.2) is 0 Å². The van der Waals surface area contributed by atoms with Gasteiger partial charge in [-0.2, -0.15) is 0 Å². The lowest BCUT2D eigenvalue weighted by molar-refractivity contribution is -0.0962. The molecule has 0 radical (unpaired) electrons. The zero-order chi connectivity index (χ0) is 11.7. The predicted molar refractivity (Wildman–Crippen MR) is 68.9 cm³/mol. The molecule has 2 aliphatic rings. The highest BCUT2D eigenvalue weighted by atomic mass is 32.1. The van der Waals surface area contributed by atoms with Gasteiger partial charge < -0.3 is 10.5 Å². The lowest BCUT2D eigenvalue weighted by atomic mass is 9.80. The molecule has 2 heterocycles. The molecule has 3 rings (SSSR count). The molecule has 1 spiro atoms. The first-order valence-electron chi connectivity index (χ1n) is 6.57. The Labute approximate surface area is 106 Å². The molecule has 2 unspecified atom stereocenters. The molecular formula is C13H20N2OS. The van der Waals surface area contributed by atoms with E-state index in [1.165, 1.54) is 30.6 Å². The SMILES string of the molecule is NC(c1cncs1)C1CCOC2(CCCC2)C1. The molecule has 0 amide bonds. The molecule has 2 N–H and O–H groups in total. The normalized spacial score (nSPS) is 29.6. The molecule has 2 fully saturated rings. The monoisotopic (exact) mass is 252 g/mol. The summed E-state index contributed by atoms with van der Waals surface area (Å²) in [7, 11) is 0. The predicted octanol–water partition coefficient (Wildman–Crippen LogP) is 2.88. The first-order valence-corrected chi connectivity index (χ1v) is 7.45. The smallest absolute Gasteiger partial charge is 0.0794 e. The van der Waals surface area contributed by atoms with Crippen molar-refractivity contribution in [3.05, 3.63) is 16.6 Å². The Bertz CT molecular complexity index is 360. The second-order valence-corrected chi connectivity index (χ2v) is 6.34. The van der Waals surface area contributed by atoms with Crippen LogP contribution in [0.2, 0.25) is 0 Å². The minimum Gasteiger partial charge on any atom is -0.375 e. The molecule has 1 aromatic rings. The largest absolute Gasteiger partial charge is 0.375 e. The minimum atomic E-state index is 0.156. The van der Waals surface area contributed by atoms with Gasteiger partial charge in [-0.3, -0.25) is 4.98 Å². The molecule has 3 nitrogen and oxygen atoms in total. The zero-order valence-corrected chi connectivity index (χ0v) is 10.9. The Morgan fingerprint density at radius 2 is 2.29 bits per heavy atom. The van der Waals surface area contributed by atoms with E-state index >= 15 is 0 Å². The number of nitrogens with two attached hydrogens (primary N) is 1. The van der Waals surface area contributed by atoms with Gasteiger partial charge in [0.1, 0.15) is 0 Å². The van der Waals surface area contributed by atoms with Crippen LogP contribution < -0.4 is 5.73 Å². The van der Waals surface area contributed by atoms with E-state index in [1.807, 2.05) is 11.7 Å². The van der Waals surface area contributed by atoms with E-state index in [9.17, 15) is 0 Å². The average molecular weight is 252 g/mol. The number of rotatable bonds is 2. The van der Waals surface area contributed by atoms with Crippen LogP contribution in [0.3, 0.4) is 0 Å². The fourth-order valence-corrected chi connectivity index (χ4v) is 4.08. The molecule has 1 aromatic heterocycles. The molecule has 2 atom stereocenters. The van der Waals surface area contributed by atoms with E-state index in [0.29, 0.717) is 5.92 Å². The molecule has 1 saturated heterocycles. The summed E-state index contributed by atoms with van der Waals surface area (Å²) in [6, 6.07) is 0.156. The average Bonchev–Trinajstić information content (AvgIpc) is 3.00. The van der Waals surface area contributed by atoms with Crippen LogP contribution in [0.1, 0.15) is 49.4 Å². The summed E-state index contributed by atoms with van der Waals surface area (Å²) in [5.41, 5.74) is 8.43. The van der Waals surface area contributed by atoms with Crippen molar-refractivity contribution in [3.63, 3.8) is 0 Å². The van der Waals surface area contributed by atoms with Crippen LogP contribution in [0.15, 0.2) is 11.7 Å². The quantitative estimate of drug-likeness (QED) is 0.880. The number of aromatic nitrogens is 1. The molecule has 1 saturated carbocycles. The van der Waals surface area contributed by atoms with Crippen molar-refractivity contribution in [1.82, 2.24) is 4.98 Å². The third-order valence-corrected chi connectivity index (χ3v) is 5.21. The van der Waals surface area contributed by atoms with Crippen LogP contribution in [0, 0.1) is 5.92 Å². The second kappa shape index (κ2) is 4.67. The summed E-state index contributed by atoms with van der Waals surface area (Å²) in [5, 5.41) is 0. The third-order valence-electron chi connectivity index (χ3n) is 4.33. The maximum atomic E-state index is 6.38. The minimum absolute atomic E-state index is 0.156. The summed E-state index contributed by atoms with van der Waals surface area (Å²) in [6.07, 6.45) is 9.28. The van der Waals surface area contributed by atoms with Gasteiger partial charge in [0.15, 0.2) is 0 Å². The van der Waals surface area contributed by atoms with E-state index in [-0.39, 0.29) is 11.6 Å². The number of thiazole rings is 1. The van der Waals surface area contributed by atoms with Crippen LogP contribution in [0.25, 0.3) is 0 Å². The van der Waals surface area contributed by atoms with Crippen molar-refractivity contribution in [3.8, 4) is 0 Å². The number of ether oxygens (including phenoxy) is 1. The Morgan fingerprint density at radius 3 is 3.00 bits per heavy atom. The first-order chi connectivity index (χ1) is 8.29. The summed E-state index contributed by atoms with van der Waals surface area (Å²) in [5.74, 6) is 0.572.